The summed E-state index contributed by atoms with van der Waals surface area (Å²) in [6.07, 6.45) is -14.2. The first-order valence-corrected chi connectivity index (χ1v) is 15.2. The lowest BCUT2D eigenvalue weighted by Crippen LogP contribution is -2.64. The quantitative estimate of drug-likeness (QED) is 0.143. The smallest absolute Gasteiger partial charge is 0.239 e. The van der Waals surface area contributed by atoms with Gasteiger partial charge in [0.2, 0.25) is 17.5 Å². The summed E-state index contributed by atoms with van der Waals surface area (Å²) in [6, 6.07) is 7.36. The molecule has 0 aliphatic carbocycles. The molecule has 48 heavy (non-hydrogen) atoms. The monoisotopic (exact) mass is 676 g/mol. The molecule has 10 atom stereocenters. The molecule has 2 fully saturated rings. The Labute approximate surface area is 274 Å². The zero-order valence-electron chi connectivity index (χ0n) is 26.6. The number of phenols is 2. The minimum Gasteiger partial charge on any atom is -0.507 e. The molecule has 3 aromatic rings. The van der Waals surface area contributed by atoms with Crippen molar-refractivity contribution in [2.24, 2.45) is 0 Å². The number of hydrogen-bond donors (Lipinski definition) is 8. The summed E-state index contributed by atoms with van der Waals surface area (Å²) in [5.41, 5.74) is 0.479. The van der Waals surface area contributed by atoms with Crippen molar-refractivity contribution in [3.05, 3.63) is 57.8 Å². The number of methoxy groups -OCH3 is 1. The van der Waals surface area contributed by atoms with Gasteiger partial charge in [0.05, 0.1) is 19.8 Å². The fraction of sp³-hybridized carbons (Fsp3) is 0.485. The molecule has 8 N–H and O–H groups in total. The highest BCUT2D eigenvalue weighted by Crippen LogP contribution is 2.40. The van der Waals surface area contributed by atoms with E-state index in [1.165, 1.54) is 14.0 Å². The van der Waals surface area contributed by atoms with E-state index in [0.717, 1.165) is 11.6 Å². The van der Waals surface area contributed by atoms with Crippen molar-refractivity contribution in [2.75, 3.05) is 13.7 Å². The third kappa shape index (κ3) is 6.74. The van der Waals surface area contributed by atoms with Gasteiger partial charge in [0.1, 0.15) is 70.9 Å². The van der Waals surface area contributed by atoms with Crippen LogP contribution in [0.5, 0.6) is 23.0 Å². The first-order valence-electron chi connectivity index (χ1n) is 15.2. The molecule has 0 unspecified atom stereocenters. The van der Waals surface area contributed by atoms with Crippen molar-refractivity contribution in [3.63, 3.8) is 0 Å². The van der Waals surface area contributed by atoms with Crippen molar-refractivity contribution >= 4 is 11.0 Å². The van der Waals surface area contributed by atoms with Crippen molar-refractivity contribution < 1.29 is 69.0 Å². The summed E-state index contributed by atoms with van der Waals surface area (Å²) in [4.78, 5) is 14.2. The Morgan fingerprint density at radius 3 is 2.21 bits per heavy atom. The number of phenolic OH excluding ortho intramolecular Hbond substituents is 2. The van der Waals surface area contributed by atoms with E-state index in [1.807, 2.05) is 13.8 Å². The van der Waals surface area contributed by atoms with Gasteiger partial charge in [-0.25, -0.2) is 0 Å². The molecule has 0 spiro atoms. The summed E-state index contributed by atoms with van der Waals surface area (Å²) in [5, 5.41) is 83.8. The number of fused-ring (bicyclic) bond motifs is 1. The Morgan fingerprint density at radius 2 is 1.58 bits per heavy atom. The summed E-state index contributed by atoms with van der Waals surface area (Å²) in [5.74, 6) is -1.07. The molecule has 3 heterocycles. The molecule has 0 amide bonds. The summed E-state index contributed by atoms with van der Waals surface area (Å²) in [6.45, 7) is 4.39. The largest absolute Gasteiger partial charge is 0.507 e. The van der Waals surface area contributed by atoms with Crippen LogP contribution in [-0.2, 0) is 20.6 Å². The van der Waals surface area contributed by atoms with Crippen molar-refractivity contribution in [3.8, 4) is 34.3 Å². The Bertz CT molecular complexity index is 1680. The predicted molar refractivity (Wildman–Crippen MR) is 167 cm³/mol. The molecule has 262 valence electrons. The first kappa shape index (κ1) is 35.5. The standard InChI is InChI=1S/C33H40O15/c1-13(2)5-10-17-18(35)11-19(36)21-24(39)31(28(46-29(17)21)15-6-8-16(43-4)9-7-15)48-33-27(42)30(22(37)14(3)44-33)47-32-26(41)25(40)23(38)20(12-34)45-32/h5-9,11,14,20,22-23,25-27,30,32-38,40-42H,10,12H2,1-4H3/t14-,20+,22-,23+,25-,26+,27+,30+,32+,33-/m0/s1. The number of aliphatic hydroxyl groups is 6. The van der Waals surface area contributed by atoms with Gasteiger partial charge in [-0.05, 0) is 51.5 Å². The van der Waals surface area contributed by atoms with Crippen LogP contribution in [0.1, 0.15) is 26.3 Å². The minimum absolute atomic E-state index is 0.106. The maximum absolute atomic E-state index is 14.2. The number of ether oxygens (including phenoxy) is 5. The van der Waals surface area contributed by atoms with Crippen LogP contribution in [0.15, 0.2) is 51.2 Å². The molecule has 15 nitrogen and oxygen atoms in total. The molecular weight excluding hydrogens is 636 g/mol. The second kappa shape index (κ2) is 14.4. The van der Waals surface area contributed by atoms with Crippen LogP contribution in [0, 0.1) is 0 Å². The average Bonchev–Trinajstić information content (AvgIpc) is 3.05. The Balaban J connectivity index is 1.58. The number of hydrogen-bond acceptors (Lipinski definition) is 15. The average molecular weight is 677 g/mol. The second-order valence-electron chi connectivity index (χ2n) is 12.0. The van der Waals surface area contributed by atoms with E-state index in [9.17, 15) is 45.6 Å². The van der Waals surface area contributed by atoms with Crippen LogP contribution in [0.3, 0.4) is 0 Å². The Morgan fingerprint density at radius 1 is 0.896 bits per heavy atom. The van der Waals surface area contributed by atoms with E-state index in [4.69, 9.17) is 28.1 Å². The number of allylic oxidation sites excluding steroid dienone is 2. The first-order chi connectivity index (χ1) is 22.8. The fourth-order valence-corrected chi connectivity index (χ4v) is 5.62. The predicted octanol–water partition coefficient (Wildman–Crippen LogP) is 0.419. The molecule has 2 aliphatic heterocycles. The maximum atomic E-state index is 14.2. The maximum Gasteiger partial charge on any atom is 0.239 e. The number of benzene rings is 2. The SMILES string of the molecule is COc1ccc(-c2oc3c(CC=C(C)C)c(O)cc(O)c3c(=O)c2O[C@@H]2O[C@@H](C)[C@H](O)[C@@H](O[C@H]3O[C@H](CO)[C@@H](O)[C@H](O)[C@H]3O)[C@H]2O)cc1. The summed E-state index contributed by atoms with van der Waals surface area (Å²) in [7, 11) is 1.47. The van der Waals surface area contributed by atoms with Crippen molar-refractivity contribution in [1.29, 1.82) is 0 Å². The van der Waals surface area contributed by atoms with E-state index in [1.54, 1.807) is 30.3 Å². The molecule has 0 saturated carbocycles. The molecule has 2 saturated heterocycles. The van der Waals surface area contributed by atoms with E-state index >= 15 is 0 Å². The van der Waals surface area contributed by atoms with Gasteiger partial charge < -0.3 is 69.0 Å². The van der Waals surface area contributed by atoms with Gasteiger partial charge in [-0.2, -0.15) is 0 Å². The molecule has 2 aromatic carbocycles. The summed E-state index contributed by atoms with van der Waals surface area (Å²) < 4.78 is 34.3. The second-order valence-corrected chi connectivity index (χ2v) is 12.0. The van der Waals surface area contributed by atoms with Gasteiger partial charge in [-0.15, -0.1) is 0 Å². The molecule has 0 bridgehead atoms. The van der Waals surface area contributed by atoms with Gasteiger partial charge in [-0.1, -0.05) is 11.6 Å². The van der Waals surface area contributed by atoms with Gasteiger partial charge in [0, 0.05) is 17.2 Å². The van der Waals surface area contributed by atoms with E-state index in [0.29, 0.717) is 11.3 Å². The zero-order chi connectivity index (χ0) is 35.0. The molecule has 5 rings (SSSR count). The fourth-order valence-electron chi connectivity index (χ4n) is 5.62. The van der Waals surface area contributed by atoms with Crippen LogP contribution in [0.25, 0.3) is 22.3 Å². The van der Waals surface area contributed by atoms with Gasteiger partial charge in [0.15, 0.2) is 12.1 Å². The lowest BCUT2D eigenvalue weighted by molar-refractivity contribution is -0.350. The third-order valence-electron chi connectivity index (χ3n) is 8.41. The van der Waals surface area contributed by atoms with Gasteiger partial charge >= 0.3 is 0 Å². The third-order valence-corrected chi connectivity index (χ3v) is 8.41. The van der Waals surface area contributed by atoms with Crippen molar-refractivity contribution in [1.82, 2.24) is 0 Å². The zero-order valence-corrected chi connectivity index (χ0v) is 26.6. The highest BCUT2D eigenvalue weighted by Gasteiger charge is 2.51. The van der Waals surface area contributed by atoms with Crippen LogP contribution in [0.4, 0.5) is 0 Å². The van der Waals surface area contributed by atoms with Crippen molar-refractivity contribution in [2.45, 2.75) is 88.6 Å². The van der Waals surface area contributed by atoms with Gasteiger partial charge in [0.25, 0.3) is 0 Å². The molecule has 15 heteroatoms. The lowest BCUT2D eigenvalue weighted by Gasteiger charge is -2.45. The van der Waals surface area contributed by atoms with E-state index < -0.39 is 84.9 Å². The van der Waals surface area contributed by atoms with Crippen LogP contribution >= 0.6 is 0 Å². The molecule has 2 aliphatic rings. The van der Waals surface area contributed by atoms with Gasteiger partial charge in [-0.3, -0.25) is 4.79 Å². The number of rotatable bonds is 9. The van der Waals surface area contributed by atoms with Crippen LogP contribution < -0.4 is 14.9 Å². The normalized spacial score (nSPS) is 30.6. The van der Waals surface area contributed by atoms with E-state index in [2.05, 4.69) is 0 Å². The highest BCUT2D eigenvalue weighted by molar-refractivity contribution is 5.91. The molecule has 0 radical (unpaired) electrons. The highest BCUT2D eigenvalue weighted by atomic mass is 16.7. The lowest BCUT2D eigenvalue weighted by atomic mass is 9.97. The Kier molecular flexibility index (Phi) is 10.6. The topological polar surface area (TPSA) is 238 Å². The summed E-state index contributed by atoms with van der Waals surface area (Å²) >= 11 is 0. The minimum atomic E-state index is -1.87. The number of aromatic hydroxyl groups is 2. The van der Waals surface area contributed by atoms with Crippen LogP contribution in [0.2, 0.25) is 0 Å². The van der Waals surface area contributed by atoms with E-state index in [-0.39, 0.29) is 34.5 Å². The molecular formula is C33H40O15. The Hall–Kier alpha value is -3.77. The van der Waals surface area contributed by atoms with Crippen LogP contribution in [-0.4, -0.2) is 116 Å². The number of aliphatic hydroxyl groups excluding tert-OH is 6. The molecule has 1 aromatic heterocycles.